The van der Waals surface area contributed by atoms with Crippen molar-refractivity contribution >= 4 is 11.0 Å². The molecule has 1 atom stereocenters. The number of hydrogen-bond donors (Lipinski definition) is 3. The highest BCUT2D eigenvalue weighted by atomic mass is 16.5. The van der Waals surface area contributed by atoms with Crippen molar-refractivity contribution in [2.24, 2.45) is 0 Å². The van der Waals surface area contributed by atoms with Crippen LogP contribution >= 0.6 is 0 Å². The van der Waals surface area contributed by atoms with Crippen LogP contribution in [-0.4, -0.2) is 42.3 Å². The van der Waals surface area contributed by atoms with Gasteiger partial charge in [-0.2, -0.15) is 0 Å². The first-order valence-corrected chi connectivity index (χ1v) is 6.36. The number of imidazole rings is 1. The standard InChI is InChI=1S/C13H18N4O/c1-2-12-13(17-9-16-12)5-10(1)6-14-7-11-8-18-4-3-15-11/h1-2,5,9,11,14-15H,3-4,6-8H2,(H,16,17). The summed E-state index contributed by atoms with van der Waals surface area (Å²) in [5, 5.41) is 6.88. The highest BCUT2D eigenvalue weighted by molar-refractivity contribution is 5.74. The summed E-state index contributed by atoms with van der Waals surface area (Å²) in [7, 11) is 0. The fourth-order valence-corrected chi connectivity index (χ4v) is 2.23. The Morgan fingerprint density at radius 3 is 3.33 bits per heavy atom. The van der Waals surface area contributed by atoms with Crippen LogP contribution in [0.15, 0.2) is 24.5 Å². The molecule has 0 spiro atoms. The molecule has 0 radical (unpaired) electrons. The van der Waals surface area contributed by atoms with Crippen molar-refractivity contribution < 1.29 is 4.74 Å². The van der Waals surface area contributed by atoms with Gasteiger partial charge in [-0.1, -0.05) is 6.07 Å². The quantitative estimate of drug-likeness (QED) is 0.741. The van der Waals surface area contributed by atoms with Gasteiger partial charge in [0.2, 0.25) is 0 Å². The molecule has 96 valence electrons. The predicted octanol–water partition coefficient (Wildman–Crippen LogP) is 0.641. The molecule has 0 amide bonds. The Kier molecular flexibility index (Phi) is 3.54. The van der Waals surface area contributed by atoms with Gasteiger partial charge in [-0.25, -0.2) is 4.98 Å². The first-order valence-electron chi connectivity index (χ1n) is 6.36. The van der Waals surface area contributed by atoms with Gasteiger partial charge in [-0.3, -0.25) is 0 Å². The molecule has 1 fully saturated rings. The SMILES string of the molecule is c1nc2ccc(CNCC3COCCN3)cc2[nH]1. The minimum atomic E-state index is 0.426. The number of nitrogens with one attached hydrogen (secondary N) is 3. The summed E-state index contributed by atoms with van der Waals surface area (Å²) in [6.07, 6.45) is 1.73. The second-order valence-electron chi connectivity index (χ2n) is 4.61. The zero-order chi connectivity index (χ0) is 12.2. The van der Waals surface area contributed by atoms with Gasteiger partial charge in [0.1, 0.15) is 0 Å². The fourth-order valence-electron chi connectivity index (χ4n) is 2.23. The molecule has 3 rings (SSSR count). The number of benzene rings is 1. The Balaban J connectivity index is 1.52. The summed E-state index contributed by atoms with van der Waals surface area (Å²) >= 11 is 0. The summed E-state index contributed by atoms with van der Waals surface area (Å²) < 4.78 is 5.42. The third kappa shape index (κ3) is 2.69. The van der Waals surface area contributed by atoms with Gasteiger partial charge in [0.15, 0.2) is 0 Å². The Morgan fingerprint density at radius 2 is 2.44 bits per heavy atom. The number of fused-ring (bicyclic) bond motifs is 1. The van der Waals surface area contributed by atoms with Crippen molar-refractivity contribution in [3.63, 3.8) is 0 Å². The second-order valence-corrected chi connectivity index (χ2v) is 4.61. The molecule has 0 aliphatic carbocycles. The van der Waals surface area contributed by atoms with Crippen LogP contribution in [0.2, 0.25) is 0 Å². The zero-order valence-electron chi connectivity index (χ0n) is 10.3. The lowest BCUT2D eigenvalue weighted by atomic mass is 10.2. The van der Waals surface area contributed by atoms with E-state index in [1.807, 2.05) is 6.07 Å². The van der Waals surface area contributed by atoms with E-state index >= 15 is 0 Å². The van der Waals surface area contributed by atoms with E-state index in [0.29, 0.717) is 6.04 Å². The third-order valence-electron chi connectivity index (χ3n) is 3.20. The van der Waals surface area contributed by atoms with Gasteiger partial charge in [0.05, 0.1) is 30.6 Å². The molecule has 2 aromatic rings. The fraction of sp³-hybridized carbons (Fsp3) is 0.462. The number of morpholine rings is 1. The number of rotatable bonds is 4. The normalized spacial score (nSPS) is 20.3. The topological polar surface area (TPSA) is 62.0 Å². The molecule has 1 aromatic heterocycles. The van der Waals surface area contributed by atoms with Gasteiger partial charge in [0, 0.05) is 25.7 Å². The molecule has 2 heterocycles. The van der Waals surface area contributed by atoms with E-state index in [1.165, 1.54) is 5.56 Å². The van der Waals surface area contributed by atoms with E-state index in [4.69, 9.17) is 4.74 Å². The number of hydrogen-bond acceptors (Lipinski definition) is 4. The average molecular weight is 246 g/mol. The van der Waals surface area contributed by atoms with E-state index in [9.17, 15) is 0 Å². The second kappa shape index (κ2) is 5.48. The van der Waals surface area contributed by atoms with Crippen LogP contribution in [-0.2, 0) is 11.3 Å². The van der Waals surface area contributed by atoms with Gasteiger partial charge >= 0.3 is 0 Å². The van der Waals surface area contributed by atoms with Crippen LogP contribution in [0.25, 0.3) is 11.0 Å². The molecule has 0 saturated carbocycles. The van der Waals surface area contributed by atoms with E-state index in [1.54, 1.807) is 6.33 Å². The first-order chi connectivity index (χ1) is 8.92. The lowest BCUT2D eigenvalue weighted by Gasteiger charge is -2.24. The summed E-state index contributed by atoms with van der Waals surface area (Å²) in [6.45, 7) is 4.38. The molecular weight excluding hydrogens is 228 g/mol. The summed E-state index contributed by atoms with van der Waals surface area (Å²) in [5.74, 6) is 0. The van der Waals surface area contributed by atoms with Crippen molar-refractivity contribution in [3.8, 4) is 0 Å². The Labute approximate surface area is 106 Å². The average Bonchev–Trinajstić information content (AvgIpc) is 2.87. The van der Waals surface area contributed by atoms with Crippen molar-refractivity contribution in [1.29, 1.82) is 0 Å². The van der Waals surface area contributed by atoms with Crippen LogP contribution in [0, 0.1) is 0 Å². The Bertz CT molecular complexity index is 504. The van der Waals surface area contributed by atoms with Crippen molar-refractivity contribution in [3.05, 3.63) is 30.1 Å². The lowest BCUT2D eigenvalue weighted by molar-refractivity contribution is 0.0766. The molecule has 1 unspecified atom stereocenters. The molecule has 5 heteroatoms. The molecule has 3 N–H and O–H groups in total. The maximum absolute atomic E-state index is 5.42. The zero-order valence-corrected chi connectivity index (χ0v) is 10.3. The first kappa shape index (κ1) is 11.6. The molecular formula is C13H18N4O. The number of aromatic amines is 1. The van der Waals surface area contributed by atoms with Crippen LogP contribution in [0.5, 0.6) is 0 Å². The van der Waals surface area contributed by atoms with E-state index in [2.05, 4.69) is 32.7 Å². The van der Waals surface area contributed by atoms with Gasteiger partial charge in [-0.15, -0.1) is 0 Å². The van der Waals surface area contributed by atoms with Gasteiger partial charge < -0.3 is 20.4 Å². The summed E-state index contributed by atoms with van der Waals surface area (Å²) in [4.78, 5) is 7.34. The minimum Gasteiger partial charge on any atom is -0.378 e. The Morgan fingerprint density at radius 1 is 1.44 bits per heavy atom. The molecule has 18 heavy (non-hydrogen) atoms. The molecule has 5 nitrogen and oxygen atoms in total. The van der Waals surface area contributed by atoms with E-state index < -0.39 is 0 Å². The number of aromatic nitrogens is 2. The van der Waals surface area contributed by atoms with E-state index in [0.717, 1.165) is 43.9 Å². The molecule has 1 aliphatic rings. The van der Waals surface area contributed by atoms with Crippen molar-refractivity contribution in [2.75, 3.05) is 26.3 Å². The number of H-pyrrole nitrogens is 1. The smallest absolute Gasteiger partial charge is 0.0931 e. The Hall–Kier alpha value is -1.43. The highest BCUT2D eigenvalue weighted by Crippen LogP contribution is 2.11. The van der Waals surface area contributed by atoms with Crippen LogP contribution < -0.4 is 10.6 Å². The monoisotopic (exact) mass is 246 g/mol. The molecule has 0 bridgehead atoms. The van der Waals surface area contributed by atoms with Gasteiger partial charge in [0.25, 0.3) is 0 Å². The van der Waals surface area contributed by atoms with Crippen LogP contribution in [0.1, 0.15) is 5.56 Å². The molecule has 1 aliphatic heterocycles. The van der Waals surface area contributed by atoms with E-state index in [-0.39, 0.29) is 0 Å². The van der Waals surface area contributed by atoms with Gasteiger partial charge in [-0.05, 0) is 17.7 Å². The molecule has 1 saturated heterocycles. The van der Waals surface area contributed by atoms with Crippen LogP contribution in [0.3, 0.4) is 0 Å². The third-order valence-corrected chi connectivity index (χ3v) is 3.20. The number of nitrogens with zero attached hydrogens (tertiary/aromatic N) is 1. The summed E-state index contributed by atoms with van der Waals surface area (Å²) in [6, 6.07) is 6.72. The maximum Gasteiger partial charge on any atom is 0.0931 e. The predicted molar refractivity (Wildman–Crippen MR) is 70.4 cm³/mol. The molecule has 1 aromatic carbocycles. The van der Waals surface area contributed by atoms with Crippen molar-refractivity contribution in [1.82, 2.24) is 20.6 Å². The number of ether oxygens (including phenoxy) is 1. The lowest BCUT2D eigenvalue weighted by Crippen LogP contribution is -2.47. The highest BCUT2D eigenvalue weighted by Gasteiger charge is 2.11. The van der Waals surface area contributed by atoms with Crippen molar-refractivity contribution in [2.45, 2.75) is 12.6 Å². The van der Waals surface area contributed by atoms with Crippen LogP contribution in [0.4, 0.5) is 0 Å². The largest absolute Gasteiger partial charge is 0.378 e. The maximum atomic E-state index is 5.42. The summed E-state index contributed by atoms with van der Waals surface area (Å²) in [5.41, 5.74) is 3.37. The minimum absolute atomic E-state index is 0.426.